The first kappa shape index (κ1) is 18.7. The van der Waals surface area contributed by atoms with Gasteiger partial charge >= 0.3 is 6.03 Å². The first-order valence-corrected chi connectivity index (χ1v) is 9.53. The van der Waals surface area contributed by atoms with Crippen LogP contribution >= 0.6 is 11.6 Å². The Bertz CT molecular complexity index is 693. The quantitative estimate of drug-likeness (QED) is 0.743. The summed E-state index contributed by atoms with van der Waals surface area (Å²) in [7, 11) is 0. The van der Waals surface area contributed by atoms with E-state index in [4.69, 9.17) is 11.6 Å². The molecule has 26 heavy (non-hydrogen) atoms. The summed E-state index contributed by atoms with van der Waals surface area (Å²) in [5.74, 6) is 0. The lowest BCUT2D eigenvalue weighted by molar-refractivity contribution is 0.132. The highest BCUT2D eigenvalue weighted by Gasteiger charge is 2.22. The largest absolute Gasteiger partial charge is 0.338 e. The highest BCUT2D eigenvalue weighted by Crippen LogP contribution is 2.21. The molecule has 0 bridgehead atoms. The number of pyridine rings is 1. The van der Waals surface area contributed by atoms with Crippen molar-refractivity contribution in [2.45, 2.75) is 38.3 Å². The van der Waals surface area contributed by atoms with E-state index < -0.39 is 0 Å². The summed E-state index contributed by atoms with van der Waals surface area (Å²) < 4.78 is 0. The normalized spacial score (nSPS) is 17.7. The van der Waals surface area contributed by atoms with Gasteiger partial charge in [0.15, 0.2) is 0 Å². The third-order valence-electron chi connectivity index (χ3n) is 4.73. The third kappa shape index (κ3) is 5.71. The van der Waals surface area contributed by atoms with Gasteiger partial charge in [0.05, 0.1) is 11.9 Å². The number of halogens is 1. The molecule has 2 N–H and O–H groups in total. The summed E-state index contributed by atoms with van der Waals surface area (Å²) in [6.07, 6.45) is 6.21. The molecule has 0 aliphatic carbocycles. The van der Waals surface area contributed by atoms with Crippen molar-refractivity contribution in [3.8, 4) is 0 Å². The maximum atomic E-state index is 12.0. The Balaban J connectivity index is 1.44. The van der Waals surface area contributed by atoms with E-state index in [0.717, 1.165) is 19.5 Å². The Labute approximate surface area is 159 Å². The van der Waals surface area contributed by atoms with Gasteiger partial charge in [0.1, 0.15) is 5.15 Å². The summed E-state index contributed by atoms with van der Waals surface area (Å²) in [4.78, 5) is 18.5. The predicted molar refractivity (Wildman–Crippen MR) is 105 cm³/mol. The maximum absolute atomic E-state index is 12.0. The van der Waals surface area contributed by atoms with Gasteiger partial charge < -0.3 is 10.6 Å². The van der Waals surface area contributed by atoms with E-state index in [0.29, 0.717) is 23.4 Å². The van der Waals surface area contributed by atoms with Crippen LogP contribution in [-0.2, 0) is 6.54 Å². The number of anilines is 1. The molecule has 0 radical (unpaired) electrons. The van der Waals surface area contributed by atoms with E-state index in [2.05, 4.69) is 50.8 Å². The Morgan fingerprint density at radius 2 is 2.04 bits per heavy atom. The van der Waals surface area contributed by atoms with Crippen LogP contribution in [0.5, 0.6) is 0 Å². The molecule has 1 saturated heterocycles. The molecule has 6 heteroatoms. The zero-order valence-corrected chi connectivity index (χ0v) is 15.6. The molecule has 0 spiro atoms. The van der Waals surface area contributed by atoms with Crippen LogP contribution < -0.4 is 10.6 Å². The second-order valence-corrected chi connectivity index (χ2v) is 7.03. The summed E-state index contributed by atoms with van der Waals surface area (Å²) in [5.41, 5.74) is 1.98. The number of likely N-dealkylation sites (tertiary alicyclic amines) is 1. The SMILES string of the molecule is O=C(NCC[C@H]1CCCCN1Cc1ccccc1)Nc1ccc(Cl)nc1. The van der Waals surface area contributed by atoms with Gasteiger partial charge in [0, 0.05) is 19.1 Å². The van der Waals surface area contributed by atoms with Crippen molar-refractivity contribution in [1.82, 2.24) is 15.2 Å². The molecular weight excluding hydrogens is 348 g/mol. The van der Waals surface area contributed by atoms with Crippen LogP contribution in [0, 0.1) is 0 Å². The molecular formula is C20H25ClN4O. The molecule has 1 aliphatic rings. The minimum absolute atomic E-state index is 0.209. The number of nitrogens with zero attached hydrogens (tertiary/aromatic N) is 2. The fourth-order valence-corrected chi connectivity index (χ4v) is 3.50. The Morgan fingerprint density at radius 3 is 2.81 bits per heavy atom. The lowest BCUT2D eigenvalue weighted by Gasteiger charge is -2.36. The fourth-order valence-electron chi connectivity index (χ4n) is 3.39. The van der Waals surface area contributed by atoms with E-state index in [1.807, 2.05) is 0 Å². The lowest BCUT2D eigenvalue weighted by Crippen LogP contribution is -2.41. The van der Waals surface area contributed by atoms with Crippen LogP contribution in [0.4, 0.5) is 10.5 Å². The Hall–Kier alpha value is -2.11. The minimum atomic E-state index is -0.209. The average Bonchev–Trinajstić information content (AvgIpc) is 2.66. The predicted octanol–water partition coefficient (Wildman–Crippen LogP) is 4.30. The highest BCUT2D eigenvalue weighted by atomic mass is 35.5. The van der Waals surface area contributed by atoms with Crippen molar-refractivity contribution in [1.29, 1.82) is 0 Å². The van der Waals surface area contributed by atoms with Crippen LogP contribution in [0.1, 0.15) is 31.2 Å². The van der Waals surface area contributed by atoms with Gasteiger partial charge in [0.2, 0.25) is 0 Å². The van der Waals surface area contributed by atoms with Crippen LogP contribution in [0.25, 0.3) is 0 Å². The molecule has 0 saturated carbocycles. The minimum Gasteiger partial charge on any atom is -0.338 e. The van der Waals surface area contributed by atoms with Gasteiger partial charge in [-0.15, -0.1) is 0 Å². The number of hydrogen-bond donors (Lipinski definition) is 2. The highest BCUT2D eigenvalue weighted by molar-refractivity contribution is 6.29. The van der Waals surface area contributed by atoms with E-state index >= 15 is 0 Å². The number of amides is 2. The molecule has 1 aliphatic heterocycles. The van der Waals surface area contributed by atoms with Crippen LogP contribution in [0.15, 0.2) is 48.7 Å². The van der Waals surface area contributed by atoms with Crippen molar-refractivity contribution in [3.05, 3.63) is 59.4 Å². The van der Waals surface area contributed by atoms with Crippen molar-refractivity contribution >= 4 is 23.3 Å². The zero-order chi connectivity index (χ0) is 18.2. The van der Waals surface area contributed by atoms with Crippen molar-refractivity contribution in [3.63, 3.8) is 0 Å². The fraction of sp³-hybridized carbons (Fsp3) is 0.400. The van der Waals surface area contributed by atoms with Gasteiger partial charge in [-0.05, 0) is 43.5 Å². The number of nitrogens with one attached hydrogen (secondary N) is 2. The van der Waals surface area contributed by atoms with Gasteiger partial charge in [-0.2, -0.15) is 0 Å². The van der Waals surface area contributed by atoms with Crippen molar-refractivity contribution in [2.75, 3.05) is 18.4 Å². The molecule has 3 rings (SSSR count). The van der Waals surface area contributed by atoms with Crippen LogP contribution in [-0.4, -0.2) is 35.0 Å². The molecule has 1 aromatic heterocycles. The molecule has 0 unspecified atom stereocenters. The molecule has 138 valence electrons. The van der Waals surface area contributed by atoms with Gasteiger partial charge in [0.25, 0.3) is 0 Å². The lowest BCUT2D eigenvalue weighted by atomic mass is 9.98. The second kappa shape index (κ2) is 9.55. The van der Waals surface area contributed by atoms with Gasteiger partial charge in [-0.1, -0.05) is 48.4 Å². The van der Waals surface area contributed by atoms with E-state index in [9.17, 15) is 4.79 Å². The van der Waals surface area contributed by atoms with Crippen LogP contribution in [0.2, 0.25) is 5.15 Å². The standard InChI is InChI=1S/C20H25ClN4O/c21-19-10-9-17(14-23-19)24-20(26)22-12-11-18-8-4-5-13-25(18)15-16-6-2-1-3-7-16/h1-3,6-7,9-10,14,18H,4-5,8,11-13,15H2,(H2,22,24,26)/t18-/m1/s1. The Morgan fingerprint density at radius 1 is 1.19 bits per heavy atom. The van der Waals surface area contributed by atoms with Gasteiger partial charge in [-0.25, -0.2) is 9.78 Å². The number of urea groups is 1. The smallest absolute Gasteiger partial charge is 0.319 e. The van der Waals surface area contributed by atoms with Gasteiger partial charge in [-0.3, -0.25) is 4.90 Å². The maximum Gasteiger partial charge on any atom is 0.319 e. The number of aromatic nitrogens is 1. The molecule has 1 atom stereocenters. The summed E-state index contributed by atoms with van der Waals surface area (Å²) >= 11 is 5.75. The summed E-state index contributed by atoms with van der Waals surface area (Å²) in [6.45, 7) is 2.76. The zero-order valence-electron chi connectivity index (χ0n) is 14.8. The molecule has 1 aromatic carbocycles. The molecule has 2 aromatic rings. The number of hydrogen-bond acceptors (Lipinski definition) is 3. The number of benzene rings is 1. The van der Waals surface area contributed by atoms with E-state index in [1.54, 1.807) is 18.3 Å². The number of carbonyl (C=O) groups excluding carboxylic acids is 1. The van der Waals surface area contributed by atoms with Crippen molar-refractivity contribution < 1.29 is 4.79 Å². The number of carbonyl (C=O) groups is 1. The first-order valence-electron chi connectivity index (χ1n) is 9.15. The average molecular weight is 373 g/mol. The summed E-state index contributed by atoms with van der Waals surface area (Å²) in [6, 6.07) is 14.3. The monoisotopic (exact) mass is 372 g/mol. The van der Waals surface area contributed by atoms with E-state index in [1.165, 1.54) is 24.8 Å². The van der Waals surface area contributed by atoms with Crippen LogP contribution in [0.3, 0.4) is 0 Å². The molecule has 2 amide bonds. The van der Waals surface area contributed by atoms with Crippen molar-refractivity contribution in [2.24, 2.45) is 0 Å². The molecule has 1 fully saturated rings. The topological polar surface area (TPSA) is 57.3 Å². The third-order valence-corrected chi connectivity index (χ3v) is 4.95. The molecule has 5 nitrogen and oxygen atoms in total. The summed E-state index contributed by atoms with van der Waals surface area (Å²) in [5, 5.41) is 6.12. The van der Waals surface area contributed by atoms with E-state index in [-0.39, 0.29) is 6.03 Å². The number of piperidine rings is 1. The number of rotatable bonds is 6. The molecule has 2 heterocycles. The second-order valence-electron chi connectivity index (χ2n) is 6.64. The first-order chi connectivity index (χ1) is 12.7. The Kier molecular flexibility index (Phi) is 6.86.